The fraction of sp³-hybridized carbons (Fsp3) is 0.651. The molecule has 0 radical (unpaired) electrons. The van der Waals surface area contributed by atoms with Crippen LogP contribution in [0.3, 0.4) is 0 Å². The number of carbonyl (C=O) groups is 1. The lowest BCUT2D eigenvalue weighted by atomic mass is 10.1. The Balaban J connectivity index is 4.52. The number of unbranched alkanes of at least 4 members (excludes halogenated alkanes) is 9. The van der Waals surface area contributed by atoms with Crippen LogP contribution in [0.5, 0.6) is 0 Å². The van der Waals surface area contributed by atoms with Crippen molar-refractivity contribution >= 4 is 13.7 Å². The molecule has 0 bridgehead atoms. The topological polar surface area (TPSA) is 105 Å². The van der Waals surface area contributed by atoms with Crippen molar-refractivity contribution in [3.63, 3.8) is 0 Å². The maximum Gasteiger partial charge on any atom is 0.472 e. The number of aliphatic hydroxyl groups is 1. The van der Waals surface area contributed by atoms with Crippen molar-refractivity contribution in [2.75, 3.05) is 40.9 Å². The lowest BCUT2D eigenvalue weighted by Gasteiger charge is -2.25. The summed E-state index contributed by atoms with van der Waals surface area (Å²) in [6.07, 6.45) is 46.6. The zero-order valence-corrected chi connectivity index (χ0v) is 34.4. The third-order valence-electron chi connectivity index (χ3n) is 8.12. The number of hydrogen-bond acceptors (Lipinski definition) is 5. The van der Waals surface area contributed by atoms with Gasteiger partial charge >= 0.3 is 7.82 Å². The number of phosphoric ester groups is 1. The molecule has 52 heavy (non-hydrogen) atoms. The number of allylic oxidation sites excluding steroid dienone is 13. The number of aliphatic hydroxyl groups excluding tert-OH is 1. The summed E-state index contributed by atoms with van der Waals surface area (Å²) >= 11 is 0. The van der Waals surface area contributed by atoms with Crippen LogP contribution in [-0.4, -0.2) is 73.4 Å². The van der Waals surface area contributed by atoms with Crippen LogP contribution in [0.4, 0.5) is 0 Å². The summed E-state index contributed by atoms with van der Waals surface area (Å²) in [5.74, 6) is -0.227. The van der Waals surface area contributed by atoms with Crippen LogP contribution in [0.2, 0.25) is 0 Å². The van der Waals surface area contributed by atoms with Gasteiger partial charge in [-0.15, -0.1) is 0 Å². The van der Waals surface area contributed by atoms with Crippen LogP contribution in [0.1, 0.15) is 129 Å². The number of nitrogens with one attached hydrogen (secondary N) is 1. The first kappa shape index (κ1) is 49.7. The van der Waals surface area contributed by atoms with E-state index in [9.17, 15) is 19.4 Å². The molecule has 0 saturated heterocycles. The molecule has 0 saturated carbocycles. The predicted molar refractivity (Wildman–Crippen MR) is 221 cm³/mol. The number of quaternary nitrogens is 1. The van der Waals surface area contributed by atoms with Gasteiger partial charge in [-0.2, -0.15) is 0 Å². The van der Waals surface area contributed by atoms with Crippen LogP contribution < -0.4 is 5.32 Å². The van der Waals surface area contributed by atoms with Crippen molar-refractivity contribution in [1.82, 2.24) is 5.32 Å². The van der Waals surface area contributed by atoms with Crippen molar-refractivity contribution in [3.8, 4) is 0 Å². The van der Waals surface area contributed by atoms with Crippen LogP contribution in [0, 0.1) is 0 Å². The third kappa shape index (κ3) is 36.1. The SMILES string of the molecule is CC/C=C\C/C=C\C/C=C\C/C=C\C/C=C\C/C=C\CCCCC(=O)NC(COP(=O)(O)OCC[N+](C)(C)C)C(O)/C=C/CCCCCCCCC. The number of carbonyl (C=O) groups excluding carboxylic acids is 1. The summed E-state index contributed by atoms with van der Waals surface area (Å²) in [7, 11) is 1.52. The molecule has 0 aliphatic carbocycles. The lowest BCUT2D eigenvalue weighted by Crippen LogP contribution is -2.45. The van der Waals surface area contributed by atoms with Crippen molar-refractivity contribution in [2.24, 2.45) is 0 Å². The van der Waals surface area contributed by atoms with Crippen molar-refractivity contribution < 1.29 is 32.9 Å². The number of rotatable bonds is 34. The maximum absolute atomic E-state index is 12.8. The zero-order valence-electron chi connectivity index (χ0n) is 33.5. The number of nitrogens with zero attached hydrogens (tertiary/aromatic N) is 1. The van der Waals surface area contributed by atoms with Gasteiger partial charge < -0.3 is 19.8 Å². The highest BCUT2D eigenvalue weighted by molar-refractivity contribution is 7.47. The summed E-state index contributed by atoms with van der Waals surface area (Å²) < 4.78 is 23.4. The van der Waals surface area contributed by atoms with E-state index in [2.05, 4.69) is 92.1 Å². The van der Waals surface area contributed by atoms with Gasteiger partial charge in [0.2, 0.25) is 5.91 Å². The Morgan fingerprint density at radius 3 is 1.69 bits per heavy atom. The first-order valence-corrected chi connectivity index (χ1v) is 21.5. The summed E-state index contributed by atoms with van der Waals surface area (Å²) in [6, 6.07) is -0.872. The van der Waals surface area contributed by atoms with Crippen LogP contribution >= 0.6 is 7.82 Å². The molecule has 0 aromatic rings. The Kier molecular flexibility index (Phi) is 32.9. The molecule has 0 fully saturated rings. The predicted octanol–water partition coefficient (Wildman–Crippen LogP) is 10.6. The summed E-state index contributed by atoms with van der Waals surface area (Å²) in [5.41, 5.74) is 0. The molecular weight excluding hydrogens is 671 g/mol. The Bertz CT molecular complexity index is 1120. The van der Waals surface area contributed by atoms with Gasteiger partial charge in [-0.25, -0.2) is 4.57 Å². The molecule has 0 spiro atoms. The highest BCUT2D eigenvalue weighted by Crippen LogP contribution is 2.43. The minimum Gasteiger partial charge on any atom is -0.387 e. The molecule has 0 rings (SSSR count). The Morgan fingerprint density at radius 1 is 0.673 bits per heavy atom. The molecule has 8 nitrogen and oxygen atoms in total. The van der Waals surface area contributed by atoms with E-state index in [-0.39, 0.29) is 19.1 Å². The fourth-order valence-electron chi connectivity index (χ4n) is 4.92. The second kappa shape index (κ2) is 34.4. The number of phosphoric acid groups is 1. The highest BCUT2D eigenvalue weighted by Gasteiger charge is 2.27. The minimum absolute atomic E-state index is 0.0476. The smallest absolute Gasteiger partial charge is 0.387 e. The van der Waals surface area contributed by atoms with E-state index in [1.807, 2.05) is 27.2 Å². The number of hydrogen-bond donors (Lipinski definition) is 3. The van der Waals surface area contributed by atoms with Crippen LogP contribution in [0.15, 0.2) is 85.1 Å². The van der Waals surface area contributed by atoms with Crippen LogP contribution in [0.25, 0.3) is 0 Å². The van der Waals surface area contributed by atoms with E-state index in [0.717, 1.165) is 70.6 Å². The van der Waals surface area contributed by atoms with E-state index in [0.29, 0.717) is 23.9 Å². The highest BCUT2D eigenvalue weighted by atomic mass is 31.2. The third-order valence-corrected chi connectivity index (χ3v) is 9.11. The van der Waals surface area contributed by atoms with Gasteiger partial charge in [-0.1, -0.05) is 137 Å². The minimum atomic E-state index is -4.35. The van der Waals surface area contributed by atoms with Crippen molar-refractivity contribution in [3.05, 3.63) is 85.1 Å². The number of likely N-dealkylation sites (N-methyl/N-ethyl adjacent to an activating group) is 1. The molecule has 0 aromatic carbocycles. The van der Waals surface area contributed by atoms with Gasteiger partial charge in [0.25, 0.3) is 0 Å². The van der Waals surface area contributed by atoms with E-state index in [1.54, 1.807) is 6.08 Å². The first-order valence-electron chi connectivity index (χ1n) is 20.0. The second-order valence-corrected chi connectivity index (χ2v) is 15.7. The zero-order chi connectivity index (χ0) is 38.6. The molecule has 3 N–H and O–H groups in total. The molecule has 0 aliphatic heterocycles. The molecule has 0 aliphatic rings. The molecule has 9 heteroatoms. The van der Waals surface area contributed by atoms with Gasteiger partial charge in [0.1, 0.15) is 13.2 Å². The Hall–Kier alpha value is -2.32. The lowest BCUT2D eigenvalue weighted by molar-refractivity contribution is -0.870. The van der Waals surface area contributed by atoms with Gasteiger partial charge in [-0.3, -0.25) is 13.8 Å². The fourth-order valence-corrected chi connectivity index (χ4v) is 5.66. The normalized spacial score (nSPS) is 15.4. The molecule has 3 unspecified atom stereocenters. The molecular formula is C43H76N2O6P+. The largest absolute Gasteiger partial charge is 0.472 e. The van der Waals surface area contributed by atoms with Crippen molar-refractivity contribution in [2.45, 2.75) is 142 Å². The van der Waals surface area contributed by atoms with Gasteiger partial charge in [0.15, 0.2) is 0 Å². The number of amides is 1. The average molecular weight is 748 g/mol. The monoisotopic (exact) mass is 748 g/mol. The summed E-state index contributed by atoms with van der Waals surface area (Å²) in [5, 5.41) is 13.7. The van der Waals surface area contributed by atoms with Crippen molar-refractivity contribution in [1.29, 1.82) is 0 Å². The second-order valence-electron chi connectivity index (χ2n) is 14.3. The Labute approximate surface area is 318 Å². The molecule has 1 amide bonds. The molecule has 0 heterocycles. The van der Waals surface area contributed by atoms with E-state index >= 15 is 0 Å². The van der Waals surface area contributed by atoms with Gasteiger partial charge in [0.05, 0.1) is 39.9 Å². The molecule has 298 valence electrons. The summed E-state index contributed by atoms with van der Waals surface area (Å²) in [4.78, 5) is 23.0. The standard InChI is InChI=1S/C43H75N2O6P/c1-6-8-10-12-14-16-17-18-19-20-21-22-23-24-25-26-27-29-31-33-35-37-43(47)44-41(40-51-52(48,49)50-39-38-45(3,4)5)42(46)36-34-32-30-28-15-13-11-9-7-2/h8,10,14,16,18-19,21-22,24-25,27,29,34,36,41-42,46H,6-7,9,11-13,15,17,20,23,26,28,30-33,35,37-40H2,1-5H3,(H-,44,47,48,49)/p+1/b10-8-,16-14-,19-18-,22-21-,25-24-,29-27-,36-34+. The maximum atomic E-state index is 12.8. The quantitative estimate of drug-likeness (QED) is 0.0262. The Morgan fingerprint density at radius 2 is 1.15 bits per heavy atom. The first-order chi connectivity index (χ1) is 25.0. The van der Waals surface area contributed by atoms with E-state index in [4.69, 9.17) is 9.05 Å². The van der Waals surface area contributed by atoms with E-state index in [1.165, 1.54) is 32.1 Å². The molecule has 0 aromatic heterocycles. The van der Waals surface area contributed by atoms with Gasteiger partial charge in [0, 0.05) is 6.42 Å². The summed E-state index contributed by atoms with van der Waals surface area (Å²) in [6.45, 7) is 4.59. The van der Waals surface area contributed by atoms with Crippen LogP contribution in [-0.2, 0) is 18.4 Å². The van der Waals surface area contributed by atoms with E-state index < -0.39 is 20.0 Å². The molecule has 3 atom stereocenters. The average Bonchev–Trinajstić information content (AvgIpc) is 3.09. The van der Waals surface area contributed by atoms with Gasteiger partial charge in [-0.05, 0) is 70.6 Å².